The summed E-state index contributed by atoms with van der Waals surface area (Å²) in [5.74, 6) is -2.79. The van der Waals surface area contributed by atoms with Crippen LogP contribution in [0.15, 0.2) is 18.2 Å². The highest BCUT2D eigenvalue weighted by molar-refractivity contribution is 5.91. The maximum Gasteiger partial charge on any atom is 0.338 e. The lowest BCUT2D eigenvalue weighted by molar-refractivity contribution is -0.140. The second-order valence-corrected chi connectivity index (χ2v) is 4.18. The summed E-state index contributed by atoms with van der Waals surface area (Å²) < 4.78 is 17.9. The molecule has 0 spiro atoms. The van der Waals surface area contributed by atoms with E-state index in [4.69, 9.17) is 5.11 Å². The number of anilines is 1. The van der Waals surface area contributed by atoms with Gasteiger partial charge in [0, 0.05) is 19.3 Å². The van der Waals surface area contributed by atoms with E-state index in [0.717, 1.165) is 12.1 Å². The molecular weight excluding hydrogens is 283 g/mol. The fraction of sp³-hybridized carbons (Fsp3) is 0.308. The fourth-order valence-corrected chi connectivity index (χ4v) is 1.45. The number of methoxy groups -OCH3 is 1. The summed E-state index contributed by atoms with van der Waals surface area (Å²) in [4.78, 5) is 34.6. The van der Waals surface area contributed by atoms with Crippen LogP contribution in [0.1, 0.15) is 16.8 Å². The Hall–Kier alpha value is -2.64. The summed E-state index contributed by atoms with van der Waals surface area (Å²) >= 11 is 0. The number of carbonyl (C=O) groups excluding carboxylic acids is 2. The lowest BCUT2D eigenvalue weighted by atomic mass is 10.2. The van der Waals surface area contributed by atoms with Crippen LogP contribution in [0.2, 0.25) is 0 Å². The number of ether oxygens (including phenoxy) is 1. The van der Waals surface area contributed by atoms with Crippen LogP contribution < -0.4 is 5.32 Å². The molecule has 21 heavy (non-hydrogen) atoms. The van der Waals surface area contributed by atoms with Crippen LogP contribution >= 0.6 is 0 Å². The Morgan fingerprint density at radius 3 is 2.57 bits per heavy atom. The number of benzene rings is 1. The van der Waals surface area contributed by atoms with Gasteiger partial charge in [0.2, 0.25) is 0 Å². The first-order valence-electron chi connectivity index (χ1n) is 5.97. The largest absolute Gasteiger partial charge is 0.478 e. The molecule has 0 saturated carbocycles. The van der Waals surface area contributed by atoms with Gasteiger partial charge in [-0.05, 0) is 18.2 Å². The van der Waals surface area contributed by atoms with Gasteiger partial charge in [0.25, 0.3) is 0 Å². The SMILES string of the molecule is COC(=O)CCN(C)C(=O)Nc1ccc(C(=O)O)c(F)c1. The van der Waals surface area contributed by atoms with E-state index < -0.39 is 29.4 Å². The number of nitrogens with zero attached hydrogens (tertiary/aromatic N) is 1. The van der Waals surface area contributed by atoms with Gasteiger partial charge < -0.3 is 20.1 Å². The van der Waals surface area contributed by atoms with E-state index in [1.165, 1.54) is 25.1 Å². The number of halogens is 1. The molecule has 0 radical (unpaired) electrons. The number of esters is 1. The number of carbonyl (C=O) groups is 3. The molecule has 0 aliphatic carbocycles. The Balaban J connectivity index is 2.64. The normalized spacial score (nSPS) is 9.86. The molecular formula is C13H15FN2O5. The van der Waals surface area contributed by atoms with Gasteiger partial charge in [0.05, 0.1) is 19.1 Å². The van der Waals surface area contributed by atoms with Gasteiger partial charge >= 0.3 is 18.0 Å². The molecule has 2 N–H and O–H groups in total. The monoisotopic (exact) mass is 298 g/mol. The Morgan fingerprint density at radius 2 is 2.05 bits per heavy atom. The predicted octanol–water partition coefficient (Wildman–Crippen LogP) is 1.55. The predicted molar refractivity (Wildman–Crippen MR) is 71.6 cm³/mol. The summed E-state index contributed by atoms with van der Waals surface area (Å²) in [6.45, 7) is 0.133. The molecule has 2 amide bonds. The summed E-state index contributed by atoms with van der Waals surface area (Å²) in [5, 5.41) is 11.1. The van der Waals surface area contributed by atoms with Gasteiger partial charge in [-0.1, -0.05) is 0 Å². The summed E-state index contributed by atoms with van der Waals surface area (Å²) in [6, 6.07) is 2.69. The number of nitrogens with one attached hydrogen (secondary N) is 1. The molecule has 1 aromatic rings. The highest BCUT2D eigenvalue weighted by Crippen LogP contribution is 2.15. The molecule has 8 heteroatoms. The standard InChI is InChI=1S/C13H15FN2O5/c1-16(6-5-11(17)21-2)13(20)15-8-3-4-9(12(18)19)10(14)7-8/h3-4,7H,5-6H2,1-2H3,(H,15,20)(H,18,19). The average Bonchev–Trinajstić information content (AvgIpc) is 2.43. The van der Waals surface area contributed by atoms with Crippen LogP contribution in [0.3, 0.4) is 0 Å². The number of carboxylic acids is 1. The quantitative estimate of drug-likeness (QED) is 0.804. The second-order valence-electron chi connectivity index (χ2n) is 4.18. The number of aromatic carboxylic acids is 1. The number of urea groups is 1. The van der Waals surface area contributed by atoms with Crippen molar-refractivity contribution in [2.45, 2.75) is 6.42 Å². The topological polar surface area (TPSA) is 95.9 Å². The highest BCUT2D eigenvalue weighted by atomic mass is 19.1. The molecule has 1 rings (SSSR count). The van der Waals surface area contributed by atoms with Gasteiger partial charge in [0.1, 0.15) is 5.82 Å². The molecule has 0 fully saturated rings. The van der Waals surface area contributed by atoms with Crippen molar-refractivity contribution in [3.05, 3.63) is 29.6 Å². The minimum atomic E-state index is -1.39. The van der Waals surface area contributed by atoms with E-state index in [1.54, 1.807) is 0 Å². The van der Waals surface area contributed by atoms with E-state index >= 15 is 0 Å². The number of carboxylic acid groups (broad SMARTS) is 1. The van der Waals surface area contributed by atoms with E-state index in [-0.39, 0.29) is 18.7 Å². The van der Waals surface area contributed by atoms with Crippen molar-refractivity contribution < 1.29 is 28.6 Å². The maximum absolute atomic E-state index is 13.4. The Kier molecular flexibility index (Phi) is 5.65. The van der Waals surface area contributed by atoms with Crippen molar-refractivity contribution in [1.82, 2.24) is 4.90 Å². The Labute approximate surface area is 120 Å². The molecule has 0 bridgehead atoms. The average molecular weight is 298 g/mol. The molecule has 0 atom stereocenters. The third-order valence-corrected chi connectivity index (χ3v) is 2.68. The molecule has 7 nitrogen and oxygen atoms in total. The van der Waals surface area contributed by atoms with Gasteiger partial charge in [-0.2, -0.15) is 0 Å². The number of hydrogen-bond donors (Lipinski definition) is 2. The van der Waals surface area contributed by atoms with Crippen molar-refractivity contribution in [2.24, 2.45) is 0 Å². The summed E-state index contributed by atoms with van der Waals surface area (Å²) in [5.41, 5.74) is -0.362. The van der Waals surface area contributed by atoms with E-state index in [2.05, 4.69) is 10.1 Å². The third kappa shape index (κ3) is 4.75. The smallest absolute Gasteiger partial charge is 0.338 e. The number of amides is 2. The van der Waals surface area contributed by atoms with Crippen LogP contribution in [-0.2, 0) is 9.53 Å². The van der Waals surface area contributed by atoms with Crippen molar-refractivity contribution in [3.8, 4) is 0 Å². The first-order valence-corrected chi connectivity index (χ1v) is 5.97. The summed E-state index contributed by atoms with van der Waals surface area (Å²) in [6.07, 6.45) is 0.0345. The first kappa shape index (κ1) is 16.4. The lowest BCUT2D eigenvalue weighted by Gasteiger charge is -2.17. The fourth-order valence-electron chi connectivity index (χ4n) is 1.45. The van der Waals surface area contributed by atoms with Crippen molar-refractivity contribution in [3.63, 3.8) is 0 Å². The third-order valence-electron chi connectivity index (χ3n) is 2.68. The van der Waals surface area contributed by atoms with Crippen LogP contribution in [0, 0.1) is 5.82 Å². The zero-order valence-corrected chi connectivity index (χ0v) is 11.6. The van der Waals surface area contributed by atoms with E-state index in [9.17, 15) is 18.8 Å². The molecule has 0 unspecified atom stereocenters. The number of rotatable bonds is 5. The van der Waals surface area contributed by atoms with Crippen LogP contribution in [0.25, 0.3) is 0 Å². The molecule has 1 aromatic carbocycles. The zero-order chi connectivity index (χ0) is 16.0. The minimum Gasteiger partial charge on any atom is -0.478 e. The number of hydrogen-bond acceptors (Lipinski definition) is 4. The van der Waals surface area contributed by atoms with Crippen LogP contribution in [0.4, 0.5) is 14.9 Å². The van der Waals surface area contributed by atoms with Crippen LogP contribution in [0.5, 0.6) is 0 Å². The van der Waals surface area contributed by atoms with E-state index in [0.29, 0.717) is 0 Å². The Morgan fingerprint density at radius 1 is 1.38 bits per heavy atom. The Bertz CT molecular complexity index is 561. The molecule has 0 aromatic heterocycles. The second kappa shape index (κ2) is 7.22. The molecule has 0 aliphatic rings. The first-order chi connectivity index (χ1) is 9.85. The summed E-state index contributed by atoms with van der Waals surface area (Å²) in [7, 11) is 2.70. The van der Waals surface area contributed by atoms with Gasteiger partial charge in [-0.15, -0.1) is 0 Å². The van der Waals surface area contributed by atoms with Gasteiger partial charge in [-0.25, -0.2) is 14.0 Å². The maximum atomic E-state index is 13.4. The highest BCUT2D eigenvalue weighted by Gasteiger charge is 2.14. The molecule has 114 valence electrons. The van der Waals surface area contributed by atoms with Gasteiger partial charge in [-0.3, -0.25) is 4.79 Å². The van der Waals surface area contributed by atoms with Crippen LogP contribution in [-0.4, -0.2) is 48.7 Å². The van der Waals surface area contributed by atoms with E-state index in [1.807, 2.05) is 0 Å². The minimum absolute atomic E-state index is 0.0345. The van der Waals surface area contributed by atoms with Gasteiger partial charge in [0.15, 0.2) is 0 Å². The van der Waals surface area contributed by atoms with Crippen molar-refractivity contribution in [1.29, 1.82) is 0 Å². The molecule has 0 aliphatic heterocycles. The lowest BCUT2D eigenvalue weighted by Crippen LogP contribution is -2.33. The zero-order valence-electron chi connectivity index (χ0n) is 11.6. The van der Waals surface area contributed by atoms with Crippen molar-refractivity contribution >= 4 is 23.7 Å². The molecule has 0 saturated heterocycles. The van der Waals surface area contributed by atoms with Crippen molar-refractivity contribution in [2.75, 3.05) is 26.0 Å². The molecule has 0 heterocycles.